The number of rotatable bonds is 4. The van der Waals surface area contributed by atoms with Crippen LogP contribution in [0.15, 0.2) is 18.5 Å². The first-order valence-electron chi connectivity index (χ1n) is 5.72. The molecule has 1 N–H and O–H groups in total. The minimum absolute atomic E-state index is 0.167. The summed E-state index contributed by atoms with van der Waals surface area (Å²) in [5, 5.41) is 8.51. The summed E-state index contributed by atoms with van der Waals surface area (Å²) in [6.07, 6.45) is 5.76. The summed E-state index contributed by atoms with van der Waals surface area (Å²) in [4.78, 5) is 20.8. The molecular formula is C13H19N3O2. The number of anilines is 1. The Morgan fingerprint density at radius 3 is 2.39 bits per heavy atom. The highest BCUT2D eigenvalue weighted by Crippen LogP contribution is 2.17. The highest BCUT2D eigenvalue weighted by atomic mass is 16.4. The van der Waals surface area contributed by atoms with Crippen LogP contribution in [0.4, 0.5) is 5.95 Å². The first kappa shape index (κ1) is 14.2. The Kier molecular flexibility index (Phi) is 4.42. The van der Waals surface area contributed by atoms with Crippen molar-refractivity contribution in [1.82, 2.24) is 9.97 Å². The Balaban J connectivity index is 2.73. The van der Waals surface area contributed by atoms with Gasteiger partial charge in [0.15, 0.2) is 0 Å². The summed E-state index contributed by atoms with van der Waals surface area (Å²) in [6.45, 7) is 7.28. The van der Waals surface area contributed by atoms with Crippen LogP contribution in [0.5, 0.6) is 0 Å². The average Bonchev–Trinajstić information content (AvgIpc) is 2.24. The fourth-order valence-electron chi connectivity index (χ4n) is 1.56. The number of carboxylic acids is 1. The van der Waals surface area contributed by atoms with Gasteiger partial charge in [-0.25, -0.2) is 14.8 Å². The molecule has 0 radical (unpaired) electrons. The summed E-state index contributed by atoms with van der Waals surface area (Å²) < 4.78 is 0. The summed E-state index contributed by atoms with van der Waals surface area (Å²) in [7, 11) is 1.94. The van der Waals surface area contributed by atoms with Crippen molar-refractivity contribution in [1.29, 1.82) is 0 Å². The van der Waals surface area contributed by atoms with E-state index in [1.165, 1.54) is 6.08 Å². The largest absolute Gasteiger partial charge is 0.478 e. The quantitative estimate of drug-likeness (QED) is 0.827. The van der Waals surface area contributed by atoms with Gasteiger partial charge in [0.05, 0.1) is 0 Å². The van der Waals surface area contributed by atoms with Crippen LogP contribution in [0.3, 0.4) is 0 Å². The Labute approximate surface area is 107 Å². The predicted octanol–water partition coefficient (Wildman–Crippen LogP) is 2.06. The van der Waals surface area contributed by atoms with Crippen molar-refractivity contribution in [2.24, 2.45) is 5.41 Å². The van der Waals surface area contributed by atoms with E-state index in [0.29, 0.717) is 11.5 Å². The normalized spacial score (nSPS) is 11.8. The van der Waals surface area contributed by atoms with Gasteiger partial charge in [-0.2, -0.15) is 0 Å². The van der Waals surface area contributed by atoms with Crippen LogP contribution in [0.2, 0.25) is 0 Å². The van der Waals surface area contributed by atoms with E-state index in [-0.39, 0.29) is 5.41 Å². The smallest absolute Gasteiger partial charge is 0.328 e. The number of aliphatic carboxylic acids is 1. The van der Waals surface area contributed by atoms with Crippen molar-refractivity contribution in [2.45, 2.75) is 20.8 Å². The second-order valence-electron chi connectivity index (χ2n) is 5.40. The molecule has 0 unspecified atom stereocenters. The maximum atomic E-state index is 10.4. The molecule has 98 valence electrons. The molecule has 0 saturated carbocycles. The molecule has 1 aromatic rings. The standard InChI is InChI=1S/C13H19N3O2/c1-13(2,3)9-16(4)12-14-7-10(8-15-12)5-6-11(17)18/h5-8H,9H2,1-4H3,(H,17,18)/b6-5+. The lowest BCUT2D eigenvalue weighted by molar-refractivity contribution is -0.131. The van der Waals surface area contributed by atoms with Gasteiger partial charge >= 0.3 is 5.97 Å². The van der Waals surface area contributed by atoms with Crippen LogP contribution in [-0.4, -0.2) is 34.6 Å². The van der Waals surface area contributed by atoms with E-state index in [4.69, 9.17) is 5.11 Å². The summed E-state index contributed by atoms with van der Waals surface area (Å²) in [6, 6.07) is 0. The number of carboxylic acid groups (broad SMARTS) is 1. The van der Waals surface area contributed by atoms with Crippen molar-refractivity contribution < 1.29 is 9.90 Å². The molecule has 5 nitrogen and oxygen atoms in total. The molecule has 0 fully saturated rings. The third-order valence-corrected chi connectivity index (χ3v) is 2.13. The molecule has 0 atom stereocenters. The van der Waals surface area contributed by atoms with Gasteiger partial charge in [-0.3, -0.25) is 0 Å². The fourth-order valence-corrected chi connectivity index (χ4v) is 1.56. The molecule has 0 spiro atoms. The zero-order chi connectivity index (χ0) is 13.8. The molecule has 1 heterocycles. The van der Waals surface area contributed by atoms with Gasteiger partial charge in [0.1, 0.15) is 0 Å². The van der Waals surface area contributed by atoms with Crippen molar-refractivity contribution in [3.05, 3.63) is 24.0 Å². The van der Waals surface area contributed by atoms with Gasteiger partial charge in [0.25, 0.3) is 0 Å². The number of carbonyl (C=O) groups is 1. The van der Waals surface area contributed by atoms with E-state index in [1.807, 2.05) is 11.9 Å². The van der Waals surface area contributed by atoms with E-state index in [0.717, 1.165) is 12.6 Å². The minimum atomic E-state index is -0.982. The van der Waals surface area contributed by atoms with Gasteiger partial charge in [-0.1, -0.05) is 20.8 Å². The molecule has 1 rings (SSSR count). The molecule has 0 aromatic carbocycles. The van der Waals surface area contributed by atoms with Gasteiger partial charge in [0, 0.05) is 37.6 Å². The van der Waals surface area contributed by atoms with Crippen LogP contribution in [0.1, 0.15) is 26.3 Å². The molecule has 5 heteroatoms. The van der Waals surface area contributed by atoms with Crippen LogP contribution < -0.4 is 4.90 Å². The number of aromatic nitrogens is 2. The Bertz CT molecular complexity index is 433. The van der Waals surface area contributed by atoms with Gasteiger partial charge in [0.2, 0.25) is 5.95 Å². The zero-order valence-electron chi connectivity index (χ0n) is 11.2. The highest BCUT2D eigenvalue weighted by Gasteiger charge is 2.15. The number of hydrogen-bond donors (Lipinski definition) is 1. The van der Waals surface area contributed by atoms with E-state index >= 15 is 0 Å². The fraction of sp³-hybridized carbons (Fsp3) is 0.462. The van der Waals surface area contributed by atoms with Crippen molar-refractivity contribution >= 4 is 18.0 Å². The number of nitrogens with zero attached hydrogens (tertiary/aromatic N) is 3. The molecule has 0 aliphatic heterocycles. The third-order valence-electron chi connectivity index (χ3n) is 2.13. The highest BCUT2D eigenvalue weighted by molar-refractivity contribution is 5.85. The predicted molar refractivity (Wildman–Crippen MR) is 71.4 cm³/mol. The van der Waals surface area contributed by atoms with Gasteiger partial charge in [-0.05, 0) is 11.5 Å². The van der Waals surface area contributed by atoms with Gasteiger partial charge in [-0.15, -0.1) is 0 Å². The Morgan fingerprint density at radius 2 is 1.94 bits per heavy atom. The Hall–Kier alpha value is -1.91. The van der Waals surface area contributed by atoms with E-state index in [2.05, 4.69) is 30.7 Å². The molecule has 0 saturated heterocycles. The van der Waals surface area contributed by atoms with Crippen molar-refractivity contribution in [3.8, 4) is 0 Å². The maximum absolute atomic E-state index is 10.4. The van der Waals surface area contributed by atoms with Crippen LogP contribution in [-0.2, 0) is 4.79 Å². The molecule has 0 aliphatic carbocycles. The molecular weight excluding hydrogens is 230 g/mol. The van der Waals surface area contributed by atoms with E-state index in [9.17, 15) is 4.79 Å². The lowest BCUT2D eigenvalue weighted by Gasteiger charge is -2.26. The average molecular weight is 249 g/mol. The lowest BCUT2D eigenvalue weighted by atomic mass is 9.96. The zero-order valence-corrected chi connectivity index (χ0v) is 11.2. The monoisotopic (exact) mass is 249 g/mol. The topological polar surface area (TPSA) is 66.3 Å². The van der Waals surface area contributed by atoms with Crippen LogP contribution in [0, 0.1) is 5.41 Å². The molecule has 18 heavy (non-hydrogen) atoms. The van der Waals surface area contributed by atoms with Crippen LogP contribution in [0.25, 0.3) is 6.08 Å². The third kappa shape index (κ3) is 4.95. The first-order chi connectivity index (χ1) is 8.28. The molecule has 1 aromatic heterocycles. The number of hydrogen-bond acceptors (Lipinski definition) is 4. The molecule has 0 bridgehead atoms. The van der Waals surface area contributed by atoms with E-state index < -0.39 is 5.97 Å². The molecule has 0 aliphatic rings. The van der Waals surface area contributed by atoms with Crippen molar-refractivity contribution in [2.75, 3.05) is 18.5 Å². The second-order valence-corrected chi connectivity index (χ2v) is 5.40. The first-order valence-corrected chi connectivity index (χ1v) is 5.72. The summed E-state index contributed by atoms with van der Waals surface area (Å²) in [5.74, 6) is -0.346. The van der Waals surface area contributed by atoms with Gasteiger partial charge < -0.3 is 10.0 Å². The minimum Gasteiger partial charge on any atom is -0.478 e. The molecule has 0 amide bonds. The maximum Gasteiger partial charge on any atom is 0.328 e. The summed E-state index contributed by atoms with van der Waals surface area (Å²) in [5.41, 5.74) is 0.838. The second kappa shape index (κ2) is 5.62. The van der Waals surface area contributed by atoms with E-state index in [1.54, 1.807) is 12.4 Å². The van der Waals surface area contributed by atoms with Crippen LogP contribution >= 0.6 is 0 Å². The lowest BCUT2D eigenvalue weighted by Crippen LogP contribution is -2.30. The summed E-state index contributed by atoms with van der Waals surface area (Å²) >= 11 is 0. The SMILES string of the molecule is CN(CC(C)(C)C)c1ncc(/C=C/C(=O)O)cn1. The Morgan fingerprint density at radius 1 is 1.39 bits per heavy atom. The van der Waals surface area contributed by atoms with Crippen molar-refractivity contribution in [3.63, 3.8) is 0 Å².